The van der Waals surface area contributed by atoms with Gasteiger partial charge in [-0.05, 0) is 29.6 Å². The molecular formula is C12H10BrNO2S. The van der Waals surface area contributed by atoms with E-state index in [0.717, 1.165) is 4.47 Å². The number of rotatable bonds is 3. The van der Waals surface area contributed by atoms with Gasteiger partial charge in [-0.15, -0.1) is 11.3 Å². The normalized spacial score (nSPS) is 10.2. The van der Waals surface area contributed by atoms with Gasteiger partial charge in [0.25, 0.3) is 0 Å². The van der Waals surface area contributed by atoms with Gasteiger partial charge in [0.1, 0.15) is 10.6 Å². The first-order valence-electron chi connectivity index (χ1n) is 4.84. The maximum absolute atomic E-state index is 12.3. The van der Waals surface area contributed by atoms with Gasteiger partial charge in [0.05, 0.1) is 7.11 Å². The summed E-state index contributed by atoms with van der Waals surface area (Å²) in [5.74, 6) is 0.505. The van der Waals surface area contributed by atoms with Gasteiger partial charge >= 0.3 is 0 Å². The molecule has 3 nitrogen and oxygen atoms in total. The molecule has 1 aromatic carbocycles. The van der Waals surface area contributed by atoms with Gasteiger partial charge in [0, 0.05) is 15.7 Å². The summed E-state index contributed by atoms with van der Waals surface area (Å²) in [7, 11) is 1.55. The molecule has 17 heavy (non-hydrogen) atoms. The Morgan fingerprint density at radius 3 is 2.88 bits per heavy atom. The van der Waals surface area contributed by atoms with Crippen LogP contribution in [0.4, 0.5) is 5.69 Å². The fourth-order valence-electron chi connectivity index (χ4n) is 1.46. The number of benzene rings is 1. The van der Waals surface area contributed by atoms with Gasteiger partial charge < -0.3 is 10.5 Å². The van der Waals surface area contributed by atoms with E-state index in [2.05, 4.69) is 15.9 Å². The van der Waals surface area contributed by atoms with Crippen molar-refractivity contribution in [3.8, 4) is 5.75 Å². The fraction of sp³-hybridized carbons (Fsp3) is 0.0833. The van der Waals surface area contributed by atoms with Crippen LogP contribution in [0.2, 0.25) is 0 Å². The summed E-state index contributed by atoms with van der Waals surface area (Å²) in [6.07, 6.45) is 0. The standard InChI is InChI=1S/C12H10BrNO2S/c1-16-10-4-5-17-12(10)11(15)8-6-7(14)2-3-9(8)13/h2-6H,14H2,1H3. The summed E-state index contributed by atoms with van der Waals surface area (Å²) in [5.41, 5.74) is 6.80. The van der Waals surface area contributed by atoms with Gasteiger partial charge in [-0.2, -0.15) is 0 Å². The number of hydrogen-bond donors (Lipinski definition) is 1. The number of carbonyl (C=O) groups excluding carboxylic acids is 1. The molecule has 0 spiro atoms. The van der Waals surface area contributed by atoms with Crippen molar-refractivity contribution in [1.29, 1.82) is 0 Å². The van der Waals surface area contributed by atoms with Crippen molar-refractivity contribution in [3.05, 3.63) is 44.6 Å². The zero-order valence-electron chi connectivity index (χ0n) is 9.07. The fourth-order valence-corrected chi connectivity index (χ4v) is 2.70. The van der Waals surface area contributed by atoms with Crippen LogP contribution >= 0.6 is 27.3 Å². The van der Waals surface area contributed by atoms with Crippen LogP contribution < -0.4 is 10.5 Å². The number of ketones is 1. The first kappa shape index (κ1) is 12.1. The zero-order valence-corrected chi connectivity index (χ0v) is 11.5. The van der Waals surface area contributed by atoms with Crippen molar-refractivity contribution in [3.63, 3.8) is 0 Å². The lowest BCUT2D eigenvalue weighted by Gasteiger charge is -2.05. The Labute approximate surface area is 111 Å². The molecule has 0 saturated heterocycles. The second-order valence-corrected chi connectivity index (χ2v) is 5.16. The Kier molecular flexibility index (Phi) is 3.49. The predicted molar refractivity (Wildman–Crippen MR) is 72.9 cm³/mol. The van der Waals surface area contributed by atoms with E-state index in [9.17, 15) is 4.79 Å². The summed E-state index contributed by atoms with van der Waals surface area (Å²) in [6.45, 7) is 0. The van der Waals surface area contributed by atoms with E-state index >= 15 is 0 Å². The summed E-state index contributed by atoms with van der Waals surface area (Å²) >= 11 is 4.71. The van der Waals surface area contributed by atoms with Crippen LogP contribution in [0.25, 0.3) is 0 Å². The lowest BCUT2D eigenvalue weighted by Crippen LogP contribution is -2.03. The third-order valence-corrected chi connectivity index (χ3v) is 3.88. The molecule has 5 heteroatoms. The van der Waals surface area contributed by atoms with Gasteiger partial charge in [0.2, 0.25) is 5.78 Å². The SMILES string of the molecule is COc1ccsc1C(=O)c1cc(N)ccc1Br. The highest BCUT2D eigenvalue weighted by Crippen LogP contribution is 2.30. The van der Waals surface area contributed by atoms with Crippen molar-refractivity contribution in [2.24, 2.45) is 0 Å². The third-order valence-electron chi connectivity index (χ3n) is 2.29. The van der Waals surface area contributed by atoms with E-state index in [4.69, 9.17) is 10.5 Å². The molecule has 1 heterocycles. The van der Waals surface area contributed by atoms with Gasteiger partial charge in [-0.25, -0.2) is 0 Å². The lowest BCUT2D eigenvalue weighted by atomic mass is 10.1. The minimum Gasteiger partial charge on any atom is -0.495 e. The summed E-state index contributed by atoms with van der Waals surface area (Å²) < 4.78 is 5.87. The van der Waals surface area contributed by atoms with Gasteiger partial charge in [-0.1, -0.05) is 15.9 Å². The molecular weight excluding hydrogens is 302 g/mol. The van der Waals surface area contributed by atoms with Crippen LogP contribution in [0, 0.1) is 0 Å². The molecule has 2 rings (SSSR count). The average molecular weight is 312 g/mol. The van der Waals surface area contributed by atoms with Crippen LogP contribution in [0.5, 0.6) is 5.75 Å². The maximum Gasteiger partial charge on any atom is 0.207 e. The predicted octanol–water partition coefficient (Wildman–Crippen LogP) is 3.33. The molecule has 0 atom stereocenters. The number of thiophene rings is 1. The number of hydrogen-bond acceptors (Lipinski definition) is 4. The number of nitrogens with two attached hydrogens (primary N) is 1. The van der Waals surface area contributed by atoms with Crippen molar-refractivity contribution < 1.29 is 9.53 Å². The maximum atomic E-state index is 12.3. The molecule has 1 aromatic heterocycles. The van der Waals surface area contributed by atoms with Crippen molar-refractivity contribution >= 4 is 38.7 Å². The van der Waals surface area contributed by atoms with E-state index in [0.29, 0.717) is 21.9 Å². The molecule has 88 valence electrons. The molecule has 2 aromatic rings. The molecule has 0 aliphatic rings. The highest BCUT2D eigenvalue weighted by molar-refractivity contribution is 9.10. The van der Waals surface area contributed by atoms with Crippen LogP contribution in [-0.2, 0) is 0 Å². The number of anilines is 1. The van der Waals surface area contributed by atoms with E-state index in [-0.39, 0.29) is 5.78 Å². The van der Waals surface area contributed by atoms with Crippen molar-refractivity contribution in [2.45, 2.75) is 0 Å². The highest BCUT2D eigenvalue weighted by atomic mass is 79.9. The smallest absolute Gasteiger partial charge is 0.207 e. The van der Waals surface area contributed by atoms with Crippen molar-refractivity contribution in [1.82, 2.24) is 0 Å². The second kappa shape index (κ2) is 4.89. The first-order valence-corrected chi connectivity index (χ1v) is 6.52. The molecule has 0 unspecified atom stereocenters. The minimum absolute atomic E-state index is 0.0870. The summed E-state index contributed by atoms with van der Waals surface area (Å²) in [5, 5.41) is 1.83. The summed E-state index contributed by atoms with van der Waals surface area (Å²) in [6, 6.07) is 6.94. The summed E-state index contributed by atoms with van der Waals surface area (Å²) in [4.78, 5) is 12.9. The van der Waals surface area contributed by atoms with Crippen LogP contribution in [-0.4, -0.2) is 12.9 Å². The molecule has 0 aliphatic carbocycles. The van der Waals surface area contributed by atoms with E-state index in [1.54, 1.807) is 31.4 Å². The molecule has 0 radical (unpaired) electrons. The van der Waals surface area contributed by atoms with Crippen LogP contribution in [0.15, 0.2) is 34.1 Å². The quantitative estimate of drug-likeness (QED) is 0.698. The van der Waals surface area contributed by atoms with Crippen LogP contribution in [0.3, 0.4) is 0 Å². The van der Waals surface area contributed by atoms with E-state index in [1.165, 1.54) is 11.3 Å². The average Bonchev–Trinajstić information content (AvgIpc) is 2.79. The largest absolute Gasteiger partial charge is 0.495 e. The second-order valence-electron chi connectivity index (χ2n) is 3.39. The number of methoxy groups -OCH3 is 1. The zero-order chi connectivity index (χ0) is 12.4. The number of halogens is 1. The third kappa shape index (κ3) is 2.35. The van der Waals surface area contributed by atoms with Crippen molar-refractivity contribution in [2.75, 3.05) is 12.8 Å². The number of ether oxygens (including phenoxy) is 1. The van der Waals surface area contributed by atoms with Gasteiger partial charge in [-0.3, -0.25) is 4.79 Å². The number of nitrogen functional groups attached to an aromatic ring is 1. The van der Waals surface area contributed by atoms with Crippen LogP contribution in [0.1, 0.15) is 15.2 Å². The van der Waals surface area contributed by atoms with E-state index in [1.807, 2.05) is 5.38 Å². The first-order chi connectivity index (χ1) is 8.13. The monoisotopic (exact) mass is 311 g/mol. The molecule has 0 amide bonds. The molecule has 2 N–H and O–H groups in total. The minimum atomic E-state index is -0.0870. The molecule has 0 bridgehead atoms. The molecule has 0 aliphatic heterocycles. The van der Waals surface area contributed by atoms with Gasteiger partial charge in [0.15, 0.2) is 0 Å². The Morgan fingerprint density at radius 2 is 2.18 bits per heavy atom. The number of carbonyl (C=O) groups is 1. The Hall–Kier alpha value is -1.33. The highest BCUT2D eigenvalue weighted by Gasteiger charge is 2.18. The molecule has 0 saturated carbocycles. The Morgan fingerprint density at radius 1 is 1.41 bits per heavy atom. The van der Waals surface area contributed by atoms with E-state index < -0.39 is 0 Å². The Bertz CT molecular complexity index is 565. The topological polar surface area (TPSA) is 52.3 Å². The lowest BCUT2D eigenvalue weighted by molar-refractivity contribution is 0.103. The Balaban J connectivity index is 2.47. The molecule has 0 fully saturated rings.